The van der Waals surface area contributed by atoms with Gasteiger partial charge in [0.1, 0.15) is 5.69 Å². The number of aromatic nitrogens is 3. The number of rotatable bonds is 7. The molecule has 29 heavy (non-hydrogen) atoms. The zero-order chi connectivity index (χ0) is 21.1. The lowest BCUT2D eigenvalue weighted by Crippen LogP contribution is -2.37. The number of fused-ring (bicyclic) bond motifs is 1. The van der Waals surface area contributed by atoms with Gasteiger partial charge in [-0.1, -0.05) is 17.4 Å². The van der Waals surface area contributed by atoms with Gasteiger partial charge in [0.05, 0.1) is 24.4 Å². The Bertz CT molecular complexity index is 1010. The Morgan fingerprint density at radius 1 is 1.07 bits per heavy atom. The Labute approximate surface area is 174 Å². The van der Waals surface area contributed by atoms with Crippen molar-refractivity contribution in [1.82, 2.24) is 19.9 Å². The molecule has 2 heterocycles. The molecular formula is C20H25N5O3S. The summed E-state index contributed by atoms with van der Waals surface area (Å²) in [4.78, 5) is 30.1. The largest absolute Gasteiger partial charge is 0.481 e. The van der Waals surface area contributed by atoms with Crippen LogP contribution in [0.25, 0.3) is 10.2 Å². The molecule has 0 aliphatic rings. The fraction of sp³-hybridized carbons (Fsp3) is 0.400. The number of likely N-dealkylation sites (N-methyl/N-ethyl adjacent to an activating group) is 1. The number of aryl methyl sites for hydroxylation is 2. The molecule has 1 amide bonds. The van der Waals surface area contributed by atoms with Crippen LogP contribution in [0.1, 0.15) is 21.6 Å². The molecule has 0 radical (unpaired) electrons. The van der Waals surface area contributed by atoms with Crippen molar-refractivity contribution in [3.8, 4) is 11.9 Å². The monoisotopic (exact) mass is 415 g/mol. The van der Waals surface area contributed by atoms with E-state index in [4.69, 9.17) is 14.5 Å². The molecular weight excluding hydrogens is 390 g/mol. The summed E-state index contributed by atoms with van der Waals surface area (Å²) in [5, 5.41) is 0.636. The maximum atomic E-state index is 13.4. The molecule has 0 atom stereocenters. The van der Waals surface area contributed by atoms with E-state index in [0.29, 0.717) is 18.2 Å². The van der Waals surface area contributed by atoms with Crippen molar-refractivity contribution in [1.29, 1.82) is 0 Å². The number of thiazole rings is 1. The number of hydrogen-bond donors (Lipinski definition) is 0. The molecule has 0 unspecified atom stereocenters. The molecule has 1 aromatic carbocycles. The lowest BCUT2D eigenvalue weighted by molar-refractivity contribution is 0.0978. The predicted molar refractivity (Wildman–Crippen MR) is 114 cm³/mol. The highest BCUT2D eigenvalue weighted by Crippen LogP contribution is 2.32. The lowest BCUT2D eigenvalue weighted by atomic mass is 10.1. The number of nitrogens with zero attached hydrogens (tertiary/aromatic N) is 5. The van der Waals surface area contributed by atoms with Gasteiger partial charge in [0, 0.05) is 19.2 Å². The fourth-order valence-electron chi connectivity index (χ4n) is 2.76. The van der Waals surface area contributed by atoms with Gasteiger partial charge >= 0.3 is 6.01 Å². The van der Waals surface area contributed by atoms with Crippen molar-refractivity contribution in [2.75, 3.05) is 46.3 Å². The van der Waals surface area contributed by atoms with Crippen LogP contribution >= 0.6 is 11.3 Å². The number of carbonyl (C=O) groups excluding carboxylic acids is 1. The number of hydrogen-bond acceptors (Lipinski definition) is 8. The second-order valence-electron chi connectivity index (χ2n) is 6.89. The maximum absolute atomic E-state index is 13.4. The highest BCUT2D eigenvalue weighted by molar-refractivity contribution is 7.22. The molecule has 2 aromatic heterocycles. The van der Waals surface area contributed by atoms with Gasteiger partial charge < -0.3 is 14.4 Å². The summed E-state index contributed by atoms with van der Waals surface area (Å²) in [5.74, 6) is -0.0113. The standard InChI is InChI=1S/C20H25N5O3S/c1-12-7-8-15-17(13(12)2)23-20(29-15)25(10-9-24(3)4)18(26)14-11-16(27-5)22-19(21-14)28-6/h7-8,11H,9-10H2,1-6H3. The number of benzene rings is 1. The smallest absolute Gasteiger partial charge is 0.320 e. The molecule has 8 nitrogen and oxygen atoms in total. The highest BCUT2D eigenvalue weighted by atomic mass is 32.1. The summed E-state index contributed by atoms with van der Waals surface area (Å²) in [7, 11) is 6.86. The van der Waals surface area contributed by atoms with E-state index >= 15 is 0 Å². The third-order valence-electron chi connectivity index (χ3n) is 4.61. The quantitative estimate of drug-likeness (QED) is 0.587. The van der Waals surface area contributed by atoms with Crippen molar-refractivity contribution in [2.24, 2.45) is 0 Å². The number of ether oxygens (including phenoxy) is 2. The van der Waals surface area contributed by atoms with Gasteiger partial charge in [0.2, 0.25) is 5.88 Å². The van der Waals surface area contributed by atoms with E-state index in [1.165, 1.54) is 37.2 Å². The molecule has 3 aromatic rings. The summed E-state index contributed by atoms with van der Waals surface area (Å²) in [6.07, 6.45) is 0. The number of amides is 1. The summed E-state index contributed by atoms with van der Waals surface area (Å²) in [6.45, 7) is 5.26. The van der Waals surface area contributed by atoms with E-state index in [-0.39, 0.29) is 23.5 Å². The number of carbonyl (C=O) groups is 1. The summed E-state index contributed by atoms with van der Waals surface area (Å²) >= 11 is 1.49. The third kappa shape index (κ3) is 4.46. The van der Waals surface area contributed by atoms with E-state index < -0.39 is 0 Å². The van der Waals surface area contributed by atoms with Crippen molar-refractivity contribution in [2.45, 2.75) is 13.8 Å². The molecule has 0 aliphatic heterocycles. The van der Waals surface area contributed by atoms with Gasteiger partial charge in [-0.25, -0.2) is 4.98 Å². The first-order valence-electron chi connectivity index (χ1n) is 9.14. The number of anilines is 1. The molecule has 0 fully saturated rings. The van der Waals surface area contributed by atoms with E-state index in [1.807, 2.05) is 32.0 Å². The third-order valence-corrected chi connectivity index (χ3v) is 5.66. The maximum Gasteiger partial charge on any atom is 0.320 e. The second kappa shape index (κ2) is 8.71. The highest BCUT2D eigenvalue weighted by Gasteiger charge is 2.24. The van der Waals surface area contributed by atoms with E-state index in [9.17, 15) is 4.79 Å². The molecule has 9 heteroatoms. The Kier molecular flexibility index (Phi) is 6.29. The van der Waals surface area contributed by atoms with Crippen LogP contribution < -0.4 is 14.4 Å². The van der Waals surface area contributed by atoms with Crippen LogP contribution in [0.15, 0.2) is 18.2 Å². The van der Waals surface area contributed by atoms with Gasteiger partial charge in [-0.15, -0.1) is 0 Å². The molecule has 0 N–H and O–H groups in total. The Hall–Kier alpha value is -2.78. The van der Waals surface area contributed by atoms with Crippen LogP contribution in [0.2, 0.25) is 0 Å². The van der Waals surface area contributed by atoms with Crippen molar-refractivity contribution in [3.05, 3.63) is 35.0 Å². The minimum Gasteiger partial charge on any atom is -0.481 e. The molecule has 3 rings (SSSR count). The summed E-state index contributed by atoms with van der Waals surface area (Å²) in [6, 6.07) is 5.71. The molecule has 0 saturated heterocycles. The first-order valence-corrected chi connectivity index (χ1v) is 9.96. The average molecular weight is 416 g/mol. The first-order chi connectivity index (χ1) is 13.8. The van der Waals surface area contributed by atoms with E-state index in [0.717, 1.165) is 15.8 Å². The van der Waals surface area contributed by atoms with Crippen LogP contribution in [0.5, 0.6) is 11.9 Å². The molecule has 0 saturated carbocycles. The van der Waals surface area contributed by atoms with Crippen molar-refractivity contribution >= 4 is 32.6 Å². The van der Waals surface area contributed by atoms with Crippen LogP contribution in [0, 0.1) is 13.8 Å². The minimum atomic E-state index is -0.278. The Balaban J connectivity index is 2.06. The van der Waals surface area contributed by atoms with Crippen molar-refractivity contribution < 1.29 is 14.3 Å². The SMILES string of the molecule is COc1cc(C(=O)N(CCN(C)C)c2nc3c(C)c(C)ccc3s2)nc(OC)n1. The average Bonchev–Trinajstić information content (AvgIpc) is 3.14. The van der Waals surface area contributed by atoms with Crippen LogP contribution in [0.4, 0.5) is 5.13 Å². The fourth-order valence-corrected chi connectivity index (χ4v) is 3.81. The van der Waals surface area contributed by atoms with Gasteiger partial charge in [-0.05, 0) is 45.1 Å². The lowest BCUT2D eigenvalue weighted by Gasteiger charge is -2.21. The van der Waals surface area contributed by atoms with Crippen LogP contribution in [-0.4, -0.2) is 67.2 Å². The number of methoxy groups -OCH3 is 2. The second-order valence-corrected chi connectivity index (χ2v) is 7.90. The van der Waals surface area contributed by atoms with Gasteiger partial charge in [0.15, 0.2) is 5.13 Å². The molecule has 154 valence electrons. The molecule has 0 bridgehead atoms. The van der Waals surface area contributed by atoms with E-state index in [1.54, 1.807) is 4.90 Å². The zero-order valence-electron chi connectivity index (χ0n) is 17.5. The van der Waals surface area contributed by atoms with Gasteiger partial charge in [-0.2, -0.15) is 9.97 Å². The summed E-state index contributed by atoms with van der Waals surface area (Å²) in [5.41, 5.74) is 3.41. The zero-order valence-corrected chi connectivity index (χ0v) is 18.3. The predicted octanol–water partition coefficient (Wildman–Crippen LogP) is 2.93. The topological polar surface area (TPSA) is 80.7 Å². The minimum absolute atomic E-state index is 0.0797. The Morgan fingerprint density at radius 2 is 1.83 bits per heavy atom. The first kappa shape index (κ1) is 20.9. The van der Waals surface area contributed by atoms with Gasteiger partial charge in [0.25, 0.3) is 5.91 Å². The van der Waals surface area contributed by atoms with Crippen LogP contribution in [-0.2, 0) is 0 Å². The molecule has 0 aliphatic carbocycles. The normalized spacial score (nSPS) is 11.1. The van der Waals surface area contributed by atoms with Gasteiger partial charge in [-0.3, -0.25) is 9.69 Å². The van der Waals surface area contributed by atoms with E-state index in [2.05, 4.69) is 23.0 Å². The molecule has 0 spiro atoms. The van der Waals surface area contributed by atoms with Crippen LogP contribution in [0.3, 0.4) is 0 Å². The summed E-state index contributed by atoms with van der Waals surface area (Å²) < 4.78 is 11.3. The van der Waals surface area contributed by atoms with Crippen molar-refractivity contribution in [3.63, 3.8) is 0 Å². The Morgan fingerprint density at radius 3 is 2.48 bits per heavy atom.